The Kier molecular flexibility index (Phi) is 1.56. The zero-order chi connectivity index (χ0) is 9.54. The minimum atomic E-state index is 0.634. The molecule has 0 radical (unpaired) electrons. The van der Waals surface area contributed by atoms with Crippen LogP contribution in [-0.4, -0.2) is 19.9 Å². The lowest BCUT2D eigenvalue weighted by atomic mass is 10.2. The smallest absolute Gasteiger partial charge is 0.180 e. The minimum absolute atomic E-state index is 0.634. The molecular formula is C10H12N4. The van der Waals surface area contributed by atoms with E-state index in [0.29, 0.717) is 5.92 Å². The van der Waals surface area contributed by atoms with Gasteiger partial charge in [0.25, 0.3) is 0 Å². The van der Waals surface area contributed by atoms with Crippen molar-refractivity contribution in [2.75, 3.05) is 0 Å². The van der Waals surface area contributed by atoms with Crippen LogP contribution < -0.4 is 0 Å². The summed E-state index contributed by atoms with van der Waals surface area (Å²) in [6, 6.07) is 0. The zero-order valence-corrected chi connectivity index (χ0v) is 8.07. The Morgan fingerprint density at radius 3 is 3.21 bits per heavy atom. The largest absolute Gasteiger partial charge is 0.339 e. The molecule has 0 aromatic carbocycles. The van der Waals surface area contributed by atoms with E-state index in [-0.39, 0.29) is 0 Å². The summed E-state index contributed by atoms with van der Waals surface area (Å²) in [6.45, 7) is 2.23. The number of H-pyrrole nitrogens is 1. The molecule has 0 amide bonds. The second-order valence-electron chi connectivity index (χ2n) is 3.89. The third kappa shape index (κ3) is 1.10. The van der Waals surface area contributed by atoms with E-state index in [0.717, 1.165) is 22.9 Å². The van der Waals surface area contributed by atoms with Gasteiger partial charge in [0, 0.05) is 5.92 Å². The highest BCUT2D eigenvalue weighted by atomic mass is 15.0. The second-order valence-corrected chi connectivity index (χ2v) is 3.89. The maximum Gasteiger partial charge on any atom is 0.180 e. The van der Waals surface area contributed by atoms with Crippen molar-refractivity contribution in [3.05, 3.63) is 18.3 Å². The number of aromatic nitrogens is 4. The highest BCUT2D eigenvalue weighted by Gasteiger charge is 2.38. The summed E-state index contributed by atoms with van der Waals surface area (Å²) >= 11 is 0. The average Bonchev–Trinajstić information content (AvgIpc) is 2.89. The molecule has 72 valence electrons. The number of nitrogens with one attached hydrogen (secondary N) is 1. The predicted octanol–water partition coefficient (Wildman–Crippen LogP) is 1.87. The van der Waals surface area contributed by atoms with Gasteiger partial charge < -0.3 is 4.98 Å². The van der Waals surface area contributed by atoms with Crippen molar-refractivity contribution in [1.29, 1.82) is 0 Å². The highest BCUT2D eigenvalue weighted by Crippen LogP contribution is 2.48. The molecule has 1 aliphatic rings. The first-order chi connectivity index (χ1) is 6.88. The minimum Gasteiger partial charge on any atom is -0.339 e. The molecule has 1 N–H and O–H groups in total. The van der Waals surface area contributed by atoms with E-state index >= 15 is 0 Å². The maximum atomic E-state index is 4.47. The van der Waals surface area contributed by atoms with Gasteiger partial charge in [-0.15, -0.1) is 0 Å². The van der Waals surface area contributed by atoms with Crippen molar-refractivity contribution < 1.29 is 0 Å². The topological polar surface area (TPSA) is 54.5 Å². The van der Waals surface area contributed by atoms with Gasteiger partial charge >= 0.3 is 0 Å². The van der Waals surface area contributed by atoms with Crippen LogP contribution in [0, 0.1) is 5.92 Å². The first-order valence-electron chi connectivity index (χ1n) is 5.04. The van der Waals surface area contributed by atoms with Gasteiger partial charge in [0.1, 0.15) is 17.7 Å². The van der Waals surface area contributed by atoms with Gasteiger partial charge in [-0.1, -0.05) is 13.3 Å². The number of aromatic amines is 1. The Balaban J connectivity index is 1.99. The van der Waals surface area contributed by atoms with Gasteiger partial charge in [-0.05, 0) is 12.3 Å². The first-order valence-corrected chi connectivity index (χ1v) is 5.04. The summed E-state index contributed by atoms with van der Waals surface area (Å²) in [7, 11) is 0. The molecule has 4 nitrogen and oxygen atoms in total. The number of rotatable bonds is 2. The van der Waals surface area contributed by atoms with E-state index in [4.69, 9.17) is 0 Å². The predicted molar refractivity (Wildman–Crippen MR) is 52.8 cm³/mol. The summed E-state index contributed by atoms with van der Waals surface area (Å²) in [5.41, 5.74) is 1.74. The number of imidazole rings is 1. The molecule has 1 aliphatic carbocycles. The quantitative estimate of drug-likeness (QED) is 0.782. The van der Waals surface area contributed by atoms with Gasteiger partial charge in [0.15, 0.2) is 5.65 Å². The Hall–Kier alpha value is -1.45. The van der Waals surface area contributed by atoms with Crippen LogP contribution in [0.5, 0.6) is 0 Å². The van der Waals surface area contributed by atoms with Crippen LogP contribution in [0.4, 0.5) is 0 Å². The van der Waals surface area contributed by atoms with E-state index in [1.54, 1.807) is 6.20 Å². The Labute approximate surface area is 81.8 Å². The van der Waals surface area contributed by atoms with Crippen LogP contribution in [0.25, 0.3) is 11.2 Å². The summed E-state index contributed by atoms with van der Waals surface area (Å²) in [6.07, 6.45) is 5.83. The molecule has 1 saturated carbocycles. The van der Waals surface area contributed by atoms with Crippen LogP contribution in [0.15, 0.2) is 12.5 Å². The van der Waals surface area contributed by atoms with Crippen molar-refractivity contribution in [3.63, 3.8) is 0 Å². The molecule has 1 fully saturated rings. The third-order valence-corrected chi connectivity index (χ3v) is 2.98. The maximum absolute atomic E-state index is 4.47. The zero-order valence-electron chi connectivity index (χ0n) is 8.07. The van der Waals surface area contributed by atoms with Gasteiger partial charge in [0.2, 0.25) is 0 Å². The number of nitrogens with zero attached hydrogens (tertiary/aromatic N) is 3. The monoisotopic (exact) mass is 188 g/mol. The Morgan fingerprint density at radius 1 is 1.57 bits per heavy atom. The first kappa shape index (κ1) is 7.91. The van der Waals surface area contributed by atoms with E-state index in [1.165, 1.54) is 19.2 Å². The second kappa shape index (κ2) is 2.77. The van der Waals surface area contributed by atoms with Crippen molar-refractivity contribution in [2.24, 2.45) is 5.92 Å². The summed E-state index contributed by atoms with van der Waals surface area (Å²) in [4.78, 5) is 15.8. The Morgan fingerprint density at radius 2 is 2.50 bits per heavy atom. The molecule has 2 aromatic heterocycles. The fourth-order valence-corrected chi connectivity index (χ4v) is 1.99. The fourth-order valence-electron chi connectivity index (χ4n) is 1.99. The van der Waals surface area contributed by atoms with Gasteiger partial charge in [0.05, 0.1) is 6.20 Å². The number of hydrogen-bond acceptors (Lipinski definition) is 3. The van der Waals surface area contributed by atoms with Crippen molar-refractivity contribution in [1.82, 2.24) is 19.9 Å². The van der Waals surface area contributed by atoms with Gasteiger partial charge in [-0.3, -0.25) is 0 Å². The van der Waals surface area contributed by atoms with E-state index in [9.17, 15) is 0 Å². The van der Waals surface area contributed by atoms with Gasteiger partial charge in [-0.25, -0.2) is 15.0 Å². The third-order valence-electron chi connectivity index (χ3n) is 2.98. The molecule has 0 bridgehead atoms. The van der Waals surface area contributed by atoms with Gasteiger partial charge in [-0.2, -0.15) is 0 Å². The van der Waals surface area contributed by atoms with Crippen LogP contribution >= 0.6 is 0 Å². The van der Waals surface area contributed by atoms with E-state index in [2.05, 4.69) is 26.9 Å². The number of hydrogen-bond donors (Lipinski definition) is 1. The van der Waals surface area contributed by atoms with E-state index < -0.39 is 0 Å². The van der Waals surface area contributed by atoms with Crippen LogP contribution in [0.3, 0.4) is 0 Å². The van der Waals surface area contributed by atoms with Crippen LogP contribution in [0.2, 0.25) is 0 Å². The molecule has 2 aromatic rings. The average molecular weight is 188 g/mol. The van der Waals surface area contributed by atoms with Crippen molar-refractivity contribution in [3.8, 4) is 0 Å². The molecule has 0 spiro atoms. The molecule has 0 saturated heterocycles. The summed E-state index contributed by atoms with van der Waals surface area (Å²) in [5, 5.41) is 0. The standard InChI is InChI=1S/C10H12N4/c1-2-6-3-7(6)9-13-8-4-11-5-12-10(8)14-9/h4-7H,2-3H2,1H3,(H,11,12,13,14). The molecule has 2 unspecified atom stereocenters. The lowest BCUT2D eigenvalue weighted by Gasteiger charge is -1.89. The Bertz CT molecular complexity index is 429. The highest BCUT2D eigenvalue weighted by molar-refractivity contribution is 5.68. The summed E-state index contributed by atoms with van der Waals surface area (Å²) in [5.74, 6) is 2.55. The molecule has 14 heavy (non-hydrogen) atoms. The van der Waals surface area contributed by atoms with Crippen LogP contribution in [-0.2, 0) is 0 Å². The molecular weight excluding hydrogens is 176 g/mol. The lowest BCUT2D eigenvalue weighted by molar-refractivity contribution is 0.749. The van der Waals surface area contributed by atoms with Crippen LogP contribution in [0.1, 0.15) is 31.5 Å². The molecule has 4 heteroatoms. The normalized spacial score (nSPS) is 25.5. The molecule has 0 aliphatic heterocycles. The lowest BCUT2D eigenvalue weighted by Crippen LogP contribution is -1.84. The van der Waals surface area contributed by atoms with E-state index in [1.807, 2.05) is 0 Å². The van der Waals surface area contributed by atoms with Crippen molar-refractivity contribution in [2.45, 2.75) is 25.7 Å². The summed E-state index contributed by atoms with van der Waals surface area (Å²) < 4.78 is 0. The molecule has 2 atom stereocenters. The molecule has 2 heterocycles. The van der Waals surface area contributed by atoms with Crippen molar-refractivity contribution >= 4 is 11.2 Å². The number of fused-ring (bicyclic) bond motifs is 1. The SMILES string of the molecule is CCC1CC1c1nc2ncncc2[nH]1. The fraction of sp³-hybridized carbons (Fsp3) is 0.500. The molecule has 3 rings (SSSR count).